The Hall–Kier alpha value is -8.58. The number of nitrogens with two attached hydrogens (primary N) is 1. The van der Waals surface area contributed by atoms with Crippen molar-refractivity contribution in [1.29, 1.82) is 0 Å². The molecule has 4 aliphatic heterocycles. The van der Waals surface area contributed by atoms with E-state index in [9.17, 15) is 14.7 Å². The van der Waals surface area contributed by atoms with Crippen molar-refractivity contribution in [3.05, 3.63) is 180 Å². The second-order valence-electron chi connectivity index (χ2n) is 26.4. The largest absolute Gasteiger partial charge is 0.477 e. The number of aryl methyl sites for hydroxylation is 2. The van der Waals surface area contributed by atoms with E-state index in [2.05, 4.69) is 138 Å². The third kappa shape index (κ3) is 16.3. The van der Waals surface area contributed by atoms with Gasteiger partial charge in [0.25, 0.3) is 5.91 Å². The molecule has 6 aromatic heterocycles. The number of aromatic carboxylic acids is 1. The summed E-state index contributed by atoms with van der Waals surface area (Å²) < 4.78 is 3.69. The molecule has 0 radical (unpaired) electrons. The van der Waals surface area contributed by atoms with Crippen LogP contribution in [0.5, 0.6) is 0 Å². The normalized spacial score (nSPS) is 16.4. The number of nitrogens with zero attached hydrogens (tertiary/aromatic N) is 10. The van der Waals surface area contributed by atoms with E-state index in [1.54, 1.807) is 30.1 Å². The highest BCUT2D eigenvalue weighted by molar-refractivity contribution is 6.01. The summed E-state index contributed by atoms with van der Waals surface area (Å²) in [6.07, 6.45) is 20.1. The highest BCUT2D eigenvalue weighted by atomic mass is 16.4. The molecule has 10 heterocycles. The Labute approximate surface area is 547 Å². The molecule has 0 atom stereocenters. The van der Waals surface area contributed by atoms with Crippen LogP contribution in [0, 0.1) is 11.8 Å². The number of likely N-dealkylation sites (tertiary alicyclic amines) is 4. The number of piperidine rings is 4. The van der Waals surface area contributed by atoms with Gasteiger partial charge in [0.15, 0.2) is 0 Å². The van der Waals surface area contributed by atoms with Crippen molar-refractivity contribution in [2.75, 3.05) is 90.2 Å². The predicted octanol–water partition coefficient (Wildman–Crippen LogP) is 12.8. The maximum absolute atomic E-state index is 13.2. The lowest BCUT2D eigenvalue weighted by molar-refractivity contribution is 0.0686. The number of aromatic nitrogens is 6. The first-order valence-corrected chi connectivity index (χ1v) is 33.7. The summed E-state index contributed by atoms with van der Waals surface area (Å²) in [7, 11) is 8.08. The average Bonchev–Trinajstić information content (AvgIpc) is 1.77. The highest BCUT2D eigenvalue weighted by Crippen LogP contribution is 2.34. The summed E-state index contributed by atoms with van der Waals surface area (Å²) in [6, 6.07) is 41.9. The lowest BCUT2D eigenvalue weighted by Crippen LogP contribution is -2.37. The van der Waals surface area contributed by atoms with Gasteiger partial charge in [-0.05, 0) is 219 Å². The zero-order valence-corrected chi connectivity index (χ0v) is 54.8. The topological polar surface area (TPSA) is 191 Å². The van der Waals surface area contributed by atoms with Gasteiger partial charge in [0.05, 0.1) is 22.4 Å². The Bertz CT molecular complexity index is 4150. The number of carboxylic acids is 1. The summed E-state index contributed by atoms with van der Waals surface area (Å²) in [6.45, 7) is 14.6. The number of benzene rings is 4. The monoisotopic (exact) mass is 1250 g/mol. The van der Waals surface area contributed by atoms with Gasteiger partial charge in [0.2, 0.25) is 0 Å². The van der Waals surface area contributed by atoms with Crippen LogP contribution in [0.2, 0.25) is 0 Å². The molecular weight excluding hydrogens is 1160 g/mol. The molecule has 484 valence electrons. The van der Waals surface area contributed by atoms with Crippen molar-refractivity contribution < 1.29 is 14.7 Å². The third-order valence-corrected chi connectivity index (χ3v) is 19.6. The van der Waals surface area contributed by atoms with Crippen LogP contribution in [0.4, 0.5) is 11.4 Å². The molecule has 0 spiro atoms. The Morgan fingerprint density at radius 1 is 0.505 bits per heavy atom. The van der Waals surface area contributed by atoms with Gasteiger partial charge in [-0.15, -0.1) is 0 Å². The first-order valence-electron chi connectivity index (χ1n) is 33.7. The van der Waals surface area contributed by atoms with Gasteiger partial charge in [-0.3, -0.25) is 24.6 Å². The molecule has 0 bridgehead atoms. The van der Waals surface area contributed by atoms with Gasteiger partial charge in [-0.1, -0.05) is 73.5 Å². The third-order valence-electron chi connectivity index (χ3n) is 19.6. The summed E-state index contributed by atoms with van der Waals surface area (Å²) >= 11 is 0. The van der Waals surface area contributed by atoms with Crippen LogP contribution in [0.3, 0.4) is 0 Å². The molecule has 10 aromatic rings. The lowest BCUT2D eigenvalue weighted by Gasteiger charge is -2.28. The highest BCUT2D eigenvalue weighted by Gasteiger charge is 2.22. The van der Waals surface area contributed by atoms with E-state index in [0.717, 1.165) is 136 Å². The van der Waals surface area contributed by atoms with E-state index in [-0.39, 0.29) is 11.6 Å². The maximum Gasteiger partial charge on any atom is 0.352 e. The summed E-state index contributed by atoms with van der Waals surface area (Å²) in [5.41, 5.74) is 21.0. The van der Waals surface area contributed by atoms with Crippen molar-refractivity contribution >= 4 is 66.9 Å². The SMILES string of the molecule is CN1CCC(CN)CC1.CN1CCC(CNC(=O)c2cc3cc(-c4cc(NCc5ccc(CN6CCCCC6)cc5)c5cnccc5n4)ccc3n2C)CC1.Cn1c(C(=O)O)cc2cc(-c3cc(NCc4ccc(CN5CCCCC5)cc4)c4cnccc4n3)ccc21. The molecule has 0 saturated carbocycles. The number of hydrogen-bond acceptors (Lipinski definition) is 13. The van der Waals surface area contributed by atoms with E-state index in [0.29, 0.717) is 24.7 Å². The van der Waals surface area contributed by atoms with Crippen LogP contribution < -0.4 is 21.7 Å². The number of amides is 1. The molecule has 4 aromatic carbocycles. The molecule has 4 saturated heterocycles. The summed E-state index contributed by atoms with van der Waals surface area (Å²) in [4.78, 5) is 53.2. The molecule has 4 fully saturated rings. The van der Waals surface area contributed by atoms with Crippen LogP contribution >= 0.6 is 0 Å². The maximum atomic E-state index is 13.2. The number of rotatable bonds is 17. The predicted molar refractivity (Wildman–Crippen MR) is 377 cm³/mol. The first-order chi connectivity index (χ1) is 45.4. The quantitative estimate of drug-likeness (QED) is 0.0579. The minimum Gasteiger partial charge on any atom is -0.477 e. The number of carbonyl (C=O) groups excluding carboxylic acids is 1. The molecule has 6 N–H and O–H groups in total. The smallest absolute Gasteiger partial charge is 0.352 e. The number of anilines is 2. The van der Waals surface area contributed by atoms with Crippen molar-refractivity contribution in [2.24, 2.45) is 31.7 Å². The van der Waals surface area contributed by atoms with Gasteiger partial charge in [-0.25, -0.2) is 14.8 Å². The fourth-order valence-electron chi connectivity index (χ4n) is 13.7. The van der Waals surface area contributed by atoms with Crippen LogP contribution in [0.25, 0.3) is 66.1 Å². The molecule has 14 rings (SSSR count). The van der Waals surface area contributed by atoms with E-state index < -0.39 is 5.97 Å². The van der Waals surface area contributed by atoms with Crippen LogP contribution in [0.15, 0.2) is 146 Å². The second-order valence-corrected chi connectivity index (χ2v) is 26.4. The molecule has 93 heavy (non-hydrogen) atoms. The van der Waals surface area contributed by atoms with Crippen molar-refractivity contribution in [1.82, 2.24) is 54.0 Å². The lowest BCUT2D eigenvalue weighted by atomic mass is 9.97. The van der Waals surface area contributed by atoms with E-state index in [1.807, 2.05) is 60.4 Å². The molecular formula is C76H92N14O3. The Morgan fingerprint density at radius 2 is 0.935 bits per heavy atom. The summed E-state index contributed by atoms with van der Waals surface area (Å²) in [5.74, 6) is 0.400. The van der Waals surface area contributed by atoms with Crippen LogP contribution in [-0.4, -0.2) is 145 Å². The molecule has 17 heteroatoms. The average molecular weight is 1250 g/mol. The van der Waals surface area contributed by atoms with Crippen LogP contribution in [-0.2, 0) is 40.3 Å². The van der Waals surface area contributed by atoms with E-state index >= 15 is 0 Å². The fraction of sp³-hybridized carbons (Fsp3) is 0.395. The number of pyridine rings is 4. The standard InChI is InChI=1S/C38H45N7O.C31H31N5O2.C7H16N2/c1-43-18-13-28(14-19-43)24-41-38(46)37-21-31-20-30(10-11-36(31)44(37)2)34-22-35(32-25-39-15-12-33(32)42-34)40-23-27-6-8-29(9-7-27)26-45-16-4-3-5-17-45;1-35-29-10-9-23(15-24(29)16-30(35)31(37)38)27-17-28(25-19-32-12-11-26(25)34-27)33-18-21-5-7-22(8-6-21)20-36-13-3-2-4-14-36;1-9-4-2-7(6-8)3-5-9/h6-12,15,20-22,25,28H,3-5,13-14,16-19,23-24,26H2,1-2H3,(H,40,42)(H,41,46);5-12,15-17,19H,2-4,13-14,18,20H2,1H3,(H,33,34)(H,37,38);7H,2-6,8H2,1H3. The van der Waals surface area contributed by atoms with Crippen molar-refractivity contribution in [3.63, 3.8) is 0 Å². The van der Waals surface area contributed by atoms with Crippen LogP contribution in [0.1, 0.15) is 107 Å². The Kier molecular flexibility index (Phi) is 21.1. The minimum atomic E-state index is -0.937. The molecule has 4 aliphatic rings. The van der Waals surface area contributed by atoms with E-state index in [1.165, 1.54) is 113 Å². The first kappa shape index (κ1) is 64.5. The molecule has 1 amide bonds. The second kappa shape index (κ2) is 30.4. The number of fused-ring (bicyclic) bond motifs is 4. The van der Waals surface area contributed by atoms with Gasteiger partial charge in [0.1, 0.15) is 11.4 Å². The van der Waals surface area contributed by atoms with Gasteiger partial charge < -0.3 is 45.7 Å². The van der Waals surface area contributed by atoms with Crippen molar-refractivity contribution in [2.45, 2.75) is 90.4 Å². The zero-order chi connectivity index (χ0) is 64.2. The molecule has 0 aliphatic carbocycles. The minimum absolute atomic E-state index is 0.0125. The zero-order valence-electron chi connectivity index (χ0n) is 54.8. The fourth-order valence-corrected chi connectivity index (χ4v) is 13.7. The number of carbonyl (C=O) groups is 2. The molecule has 17 nitrogen and oxygen atoms in total. The number of nitrogens with one attached hydrogen (secondary N) is 3. The Balaban J connectivity index is 0.000000160. The number of carboxylic acid groups (broad SMARTS) is 1. The van der Waals surface area contributed by atoms with Gasteiger partial charge in [-0.2, -0.15) is 0 Å². The number of hydrogen-bond donors (Lipinski definition) is 5. The van der Waals surface area contributed by atoms with Gasteiger partial charge in [0, 0.05) is 127 Å². The van der Waals surface area contributed by atoms with Gasteiger partial charge >= 0.3 is 5.97 Å². The van der Waals surface area contributed by atoms with E-state index in [4.69, 9.17) is 15.7 Å². The Morgan fingerprint density at radius 3 is 1.39 bits per heavy atom. The van der Waals surface area contributed by atoms with Crippen molar-refractivity contribution in [3.8, 4) is 22.5 Å². The molecule has 0 unspecified atom stereocenters. The summed E-state index contributed by atoms with van der Waals surface area (Å²) in [5, 5.41) is 23.8.